The summed E-state index contributed by atoms with van der Waals surface area (Å²) in [6.07, 6.45) is 2.37. The first kappa shape index (κ1) is 10.8. The standard InChI is InChI=1S/C14H13N3O/c18-14-12(9-10-5-2-1-3-6-10)16-13-11(17-14)7-4-8-15-13/h1-8,12H,9H2,(H,15,16)(H,17,18)/t12-/m0/s1. The van der Waals surface area contributed by atoms with Crippen LogP contribution >= 0.6 is 0 Å². The van der Waals surface area contributed by atoms with Gasteiger partial charge in [0.2, 0.25) is 5.91 Å². The van der Waals surface area contributed by atoms with Crippen molar-refractivity contribution >= 4 is 17.4 Å². The molecule has 0 unspecified atom stereocenters. The van der Waals surface area contributed by atoms with E-state index in [1.54, 1.807) is 12.3 Å². The monoisotopic (exact) mass is 239 g/mol. The molecule has 0 radical (unpaired) electrons. The molecule has 0 saturated heterocycles. The van der Waals surface area contributed by atoms with Crippen LogP contribution < -0.4 is 10.6 Å². The quantitative estimate of drug-likeness (QED) is 0.843. The van der Waals surface area contributed by atoms with Crippen LogP contribution in [0.3, 0.4) is 0 Å². The lowest BCUT2D eigenvalue weighted by molar-refractivity contribution is -0.117. The number of benzene rings is 1. The molecular weight excluding hydrogens is 226 g/mol. The third-order valence-electron chi connectivity index (χ3n) is 2.98. The lowest BCUT2D eigenvalue weighted by atomic mass is 10.0. The molecule has 1 aromatic carbocycles. The Bertz CT molecular complexity index is 568. The van der Waals surface area contributed by atoms with Gasteiger partial charge < -0.3 is 10.6 Å². The molecule has 0 fully saturated rings. The molecule has 1 aromatic heterocycles. The minimum Gasteiger partial charge on any atom is -0.356 e. The van der Waals surface area contributed by atoms with Gasteiger partial charge in [-0.3, -0.25) is 4.79 Å². The Kier molecular flexibility index (Phi) is 2.68. The summed E-state index contributed by atoms with van der Waals surface area (Å²) in [5.74, 6) is 0.720. The van der Waals surface area contributed by atoms with Gasteiger partial charge in [0.05, 0.1) is 5.69 Å². The second-order valence-corrected chi connectivity index (χ2v) is 4.28. The topological polar surface area (TPSA) is 54.0 Å². The zero-order valence-electron chi connectivity index (χ0n) is 9.76. The number of nitrogens with zero attached hydrogens (tertiary/aromatic N) is 1. The number of aromatic nitrogens is 1. The number of amides is 1. The van der Waals surface area contributed by atoms with Gasteiger partial charge in [0.25, 0.3) is 0 Å². The van der Waals surface area contributed by atoms with Gasteiger partial charge in [0.1, 0.15) is 11.9 Å². The molecule has 18 heavy (non-hydrogen) atoms. The smallest absolute Gasteiger partial charge is 0.247 e. The molecule has 3 rings (SSSR count). The number of carbonyl (C=O) groups is 1. The maximum Gasteiger partial charge on any atom is 0.247 e. The Balaban J connectivity index is 1.81. The van der Waals surface area contributed by atoms with E-state index in [2.05, 4.69) is 15.6 Å². The molecule has 2 N–H and O–H groups in total. The number of anilines is 2. The summed E-state index contributed by atoms with van der Waals surface area (Å²) in [5, 5.41) is 6.04. The van der Waals surface area contributed by atoms with Gasteiger partial charge in [0.15, 0.2) is 0 Å². The van der Waals surface area contributed by atoms with E-state index in [1.165, 1.54) is 0 Å². The summed E-state index contributed by atoms with van der Waals surface area (Å²) in [6, 6.07) is 13.3. The van der Waals surface area contributed by atoms with E-state index in [-0.39, 0.29) is 11.9 Å². The van der Waals surface area contributed by atoms with Crippen LogP contribution in [0, 0.1) is 0 Å². The minimum absolute atomic E-state index is 0.0145. The van der Waals surface area contributed by atoms with Gasteiger partial charge in [-0.25, -0.2) is 4.98 Å². The van der Waals surface area contributed by atoms with Crippen LogP contribution in [-0.4, -0.2) is 16.9 Å². The maximum atomic E-state index is 12.0. The molecule has 2 heterocycles. The molecule has 4 heteroatoms. The highest BCUT2D eigenvalue weighted by Gasteiger charge is 2.25. The van der Waals surface area contributed by atoms with E-state index in [0.717, 1.165) is 17.1 Å². The third-order valence-corrected chi connectivity index (χ3v) is 2.98. The van der Waals surface area contributed by atoms with Crippen molar-refractivity contribution < 1.29 is 4.79 Å². The van der Waals surface area contributed by atoms with Gasteiger partial charge in [-0.1, -0.05) is 30.3 Å². The first-order valence-corrected chi connectivity index (χ1v) is 5.89. The van der Waals surface area contributed by atoms with Gasteiger partial charge >= 0.3 is 0 Å². The molecule has 1 amide bonds. The first-order chi connectivity index (χ1) is 8.83. The number of hydrogen-bond acceptors (Lipinski definition) is 3. The van der Waals surface area contributed by atoms with Crippen molar-refractivity contribution in [1.29, 1.82) is 0 Å². The zero-order valence-corrected chi connectivity index (χ0v) is 9.76. The Hall–Kier alpha value is -2.36. The summed E-state index contributed by atoms with van der Waals surface area (Å²) in [4.78, 5) is 16.2. The summed E-state index contributed by atoms with van der Waals surface area (Å²) in [7, 11) is 0. The SMILES string of the molecule is O=C1Nc2cccnc2N[C@H]1Cc1ccccc1. The highest BCUT2D eigenvalue weighted by molar-refractivity contribution is 6.02. The molecule has 2 aromatic rings. The fraction of sp³-hybridized carbons (Fsp3) is 0.143. The fourth-order valence-corrected chi connectivity index (χ4v) is 2.07. The van der Waals surface area contributed by atoms with E-state index in [1.807, 2.05) is 36.4 Å². The summed E-state index contributed by atoms with van der Waals surface area (Å²) in [5.41, 5.74) is 1.87. The van der Waals surface area contributed by atoms with Crippen molar-refractivity contribution in [2.75, 3.05) is 10.6 Å². The van der Waals surface area contributed by atoms with Crippen LogP contribution in [0.25, 0.3) is 0 Å². The zero-order chi connectivity index (χ0) is 12.4. The number of hydrogen-bond donors (Lipinski definition) is 2. The van der Waals surface area contributed by atoms with E-state index in [0.29, 0.717) is 6.42 Å². The van der Waals surface area contributed by atoms with Crippen LogP contribution in [0.15, 0.2) is 48.7 Å². The predicted molar refractivity (Wildman–Crippen MR) is 70.4 cm³/mol. The number of nitrogens with one attached hydrogen (secondary N) is 2. The lowest BCUT2D eigenvalue weighted by Gasteiger charge is -2.25. The fourth-order valence-electron chi connectivity index (χ4n) is 2.07. The van der Waals surface area contributed by atoms with Crippen molar-refractivity contribution in [3.8, 4) is 0 Å². The van der Waals surface area contributed by atoms with Crippen LogP contribution in [0.1, 0.15) is 5.56 Å². The third kappa shape index (κ3) is 2.05. The lowest BCUT2D eigenvalue weighted by Crippen LogP contribution is -2.40. The molecule has 1 atom stereocenters. The normalized spacial score (nSPS) is 17.6. The molecule has 0 bridgehead atoms. The molecule has 1 aliphatic rings. The van der Waals surface area contributed by atoms with E-state index >= 15 is 0 Å². The van der Waals surface area contributed by atoms with Crippen molar-refractivity contribution in [3.05, 3.63) is 54.2 Å². The van der Waals surface area contributed by atoms with Gasteiger partial charge in [0, 0.05) is 12.6 Å². The molecule has 1 aliphatic heterocycles. The number of rotatable bonds is 2. The van der Waals surface area contributed by atoms with E-state index in [9.17, 15) is 4.79 Å². The Labute approximate surface area is 105 Å². The molecule has 0 saturated carbocycles. The van der Waals surface area contributed by atoms with Crippen LogP contribution in [0.2, 0.25) is 0 Å². The van der Waals surface area contributed by atoms with Crippen molar-refractivity contribution in [2.45, 2.75) is 12.5 Å². The van der Waals surface area contributed by atoms with Crippen LogP contribution in [0.5, 0.6) is 0 Å². The number of pyridine rings is 1. The molecular formula is C14H13N3O. The average Bonchev–Trinajstić information content (AvgIpc) is 2.41. The average molecular weight is 239 g/mol. The highest BCUT2D eigenvalue weighted by atomic mass is 16.2. The predicted octanol–water partition coefficient (Wildman–Crippen LogP) is 2.06. The van der Waals surface area contributed by atoms with Crippen molar-refractivity contribution in [1.82, 2.24) is 4.98 Å². The van der Waals surface area contributed by atoms with E-state index < -0.39 is 0 Å². The van der Waals surface area contributed by atoms with Gasteiger partial charge in [-0.05, 0) is 17.7 Å². The maximum absolute atomic E-state index is 12.0. The second kappa shape index (κ2) is 4.49. The summed E-state index contributed by atoms with van der Waals surface area (Å²) < 4.78 is 0. The van der Waals surface area contributed by atoms with E-state index in [4.69, 9.17) is 0 Å². The largest absolute Gasteiger partial charge is 0.356 e. The van der Waals surface area contributed by atoms with Gasteiger partial charge in [-0.15, -0.1) is 0 Å². The second-order valence-electron chi connectivity index (χ2n) is 4.28. The highest BCUT2D eigenvalue weighted by Crippen LogP contribution is 2.24. The summed E-state index contributed by atoms with van der Waals surface area (Å²) >= 11 is 0. The Morgan fingerprint density at radius 3 is 2.78 bits per heavy atom. The summed E-state index contributed by atoms with van der Waals surface area (Å²) in [6.45, 7) is 0. The van der Waals surface area contributed by atoms with Gasteiger partial charge in [-0.2, -0.15) is 0 Å². The molecule has 90 valence electrons. The van der Waals surface area contributed by atoms with Crippen molar-refractivity contribution in [2.24, 2.45) is 0 Å². The molecule has 0 spiro atoms. The minimum atomic E-state index is -0.269. The molecule has 0 aliphatic carbocycles. The van der Waals surface area contributed by atoms with Crippen LogP contribution in [-0.2, 0) is 11.2 Å². The number of fused-ring (bicyclic) bond motifs is 1. The molecule has 4 nitrogen and oxygen atoms in total. The Morgan fingerprint density at radius 1 is 1.11 bits per heavy atom. The Morgan fingerprint density at radius 2 is 1.94 bits per heavy atom. The van der Waals surface area contributed by atoms with Crippen molar-refractivity contribution in [3.63, 3.8) is 0 Å². The van der Waals surface area contributed by atoms with Crippen LogP contribution in [0.4, 0.5) is 11.5 Å². The number of carbonyl (C=O) groups excluding carboxylic acids is 1. The first-order valence-electron chi connectivity index (χ1n) is 5.89.